The lowest BCUT2D eigenvalue weighted by Crippen LogP contribution is -2.24. The summed E-state index contributed by atoms with van der Waals surface area (Å²) >= 11 is 5.11. The van der Waals surface area contributed by atoms with Gasteiger partial charge in [-0.3, -0.25) is 0 Å². The van der Waals surface area contributed by atoms with E-state index in [0.29, 0.717) is 6.61 Å². The van der Waals surface area contributed by atoms with Crippen LogP contribution in [0.25, 0.3) is 0 Å². The maximum Gasteiger partial charge on any atom is 0.192 e. The highest BCUT2D eigenvalue weighted by Gasteiger charge is 2.27. The maximum absolute atomic E-state index is 6.03. The molecule has 2 aromatic carbocycles. The molecule has 0 amide bonds. The van der Waals surface area contributed by atoms with Crippen LogP contribution in [-0.2, 0) is 12.8 Å². The number of hydrogen-bond donors (Lipinski definition) is 0. The van der Waals surface area contributed by atoms with Crippen molar-refractivity contribution in [2.45, 2.75) is 17.0 Å². The molecule has 128 valence electrons. The van der Waals surface area contributed by atoms with Crippen LogP contribution in [0.5, 0.6) is 11.5 Å². The summed E-state index contributed by atoms with van der Waals surface area (Å²) in [6, 6.07) is 16.0. The molecule has 0 radical (unpaired) electrons. The first-order valence-electron chi connectivity index (χ1n) is 7.86. The third-order valence-corrected chi connectivity index (χ3v) is 5.57. The third kappa shape index (κ3) is 3.52. The lowest BCUT2D eigenvalue weighted by Gasteiger charge is -2.25. The SMILES string of the molecule is Cn1c(SCc2ccc(Br)cc2)nnc1C1COc2ccccc2O1. The zero-order chi connectivity index (χ0) is 17.2. The topological polar surface area (TPSA) is 49.2 Å². The first kappa shape index (κ1) is 16.5. The van der Waals surface area contributed by atoms with Gasteiger partial charge in [0.2, 0.25) is 0 Å². The van der Waals surface area contributed by atoms with Crippen molar-refractivity contribution in [3.63, 3.8) is 0 Å². The molecule has 2 heterocycles. The molecule has 0 N–H and O–H groups in total. The summed E-state index contributed by atoms with van der Waals surface area (Å²) in [7, 11) is 1.96. The fraction of sp³-hybridized carbons (Fsp3) is 0.222. The molecule has 1 aliphatic rings. The lowest BCUT2D eigenvalue weighted by atomic mass is 10.2. The van der Waals surface area contributed by atoms with Gasteiger partial charge in [0.05, 0.1) is 0 Å². The van der Waals surface area contributed by atoms with E-state index in [0.717, 1.165) is 32.7 Å². The van der Waals surface area contributed by atoms with E-state index in [9.17, 15) is 0 Å². The smallest absolute Gasteiger partial charge is 0.192 e. The molecule has 1 atom stereocenters. The van der Waals surface area contributed by atoms with Gasteiger partial charge in [0.25, 0.3) is 0 Å². The van der Waals surface area contributed by atoms with E-state index >= 15 is 0 Å². The molecule has 25 heavy (non-hydrogen) atoms. The second-order valence-electron chi connectivity index (χ2n) is 5.68. The second-order valence-corrected chi connectivity index (χ2v) is 7.54. The first-order chi connectivity index (χ1) is 12.2. The molecular weight excluding hydrogens is 402 g/mol. The molecule has 1 unspecified atom stereocenters. The molecule has 0 bridgehead atoms. The molecule has 5 nitrogen and oxygen atoms in total. The largest absolute Gasteiger partial charge is 0.485 e. The summed E-state index contributed by atoms with van der Waals surface area (Å²) in [6.45, 7) is 0.431. The number of halogens is 1. The van der Waals surface area contributed by atoms with Crippen LogP contribution in [0.3, 0.4) is 0 Å². The van der Waals surface area contributed by atoms with Crippen molar-refractivity contribution < 1.29 is 9.47 Å². The summed E-state index contributed by atoms with van der Waals surface area (Å²) in [6.07, 6.45) is -0.255. The van der Waals surface area contributed by atoms with Crippen molar-refractivity contribution in [1.29, 1.82) is 0 Å². The van der Waals surface area contributed by atoms with Gasteiger partial charge in [-0.05, 0) is 29.8 Å². The number of hydrogen-bond acceptors (Lipinski definition) is 5. The van der Waals surface area contributed by atoms with Crippen molar-refractivity contribution in [2.75, 3.05) is 6.61 Å². The van der Waals surface area contributed by atoms with Crippen LogP contribution in [0.1, 0.15) is 17.5 Å². The van der Waals surface area contributed by atoms with Crippen LogP contribution >= 0.6 is 27.7 Å². The fourth-order valence-corrected chi connectivity index (χ4v) is 3.75. The standard InChI is InChI=1S/C18H16BrN3O2S/c1-22-17(16-10-23-14-4-2-3-5-15(14)24-16)20-21-18(22)25-11-12-6-8-13(19)9-7-12/h2-9,16H,10-11H2,1H3. The second kappa shape index (κ2) is 7.09. The zero-order valence-electron chi connectivity index (χ0n) is 13.6. The number of benzene rings is 2. The van der Waals surface area contributed by atoms with Gasteiger partial charge < -0.3 is 14.0 Å². The summed E-state index contributed by atoms with van der Waals surface area (Å²) in [4.78, 5) is 0. The average molecular weight is 418 g/mol. The summed E-state index contributed by atoms with van der Waals surface area (Å²) in [5.74, 6) is 3.12. The molecule has 1 aliphatic heterocycles. The van der Waals surface area contributed by atoms with E-state index in [1.165, 1.54) is 5.56 Å². The van der Waals surface area contributed by atoms with Crippen LogP contribution in [0, 0.1) is 0 Å². The Morgan fingerprint density at radius 3 is 2.68 bits per heavy atom. The van der Waals surface area contributed by atoms with Gasteiger partial charge in [-0.25, -0.2) is 0 Å². The van der Waals surface area contributed by atoms with Crippen LogP contribution < -0.4 is 9.47 Å². The summed E-state index contributed by atoms with van der Waals surface area (Å²) < 4.78 is 14.9. The molecule has 0 saturated heterocycles. The van der Waals surface area contributed by atoms with Gasteiger partial charge in [-0.1, -0.05) is 52.0 Å². The van der Waals surface area contributed by atoms with Crippen LogP contribution in [-0.4, -0.2) is 21.4 Å². The number of fused-ring (bicyclic) bond motifs is 1. The van der Waals surface area contributed by atoms with E-state index in [2.05, 4.69) is 38.3 Å². The van der Waals surface area contributed by atoms with E-state index < -0.39 is 0 Å². The minimum atomic E-state index is -0.255. The number of thioether (sulfide) groups is 1. The number of nitrogens with zero attached hydrogens (tertiary/aromatic N) is 3. The van der Waals surface area contributed by atoms with Crippen molar-refractivity contribution in [2.24, 2.45) is 7.05 Å². The van der Waals surface area contributed by atoms with Crippen molar-refractivity contribution in [1.82, 2.24) is 14.8 Å². The predicted molar refractivity (Wildman–Crippen MR) is 100 cm³/mol. The monoisotopic (exact) mass is 417 g/mol. The number of aromatic nitrogens is 3. The zero-order valence-corrected chi connectivity index (χ0v) is 16.0. The van der Waals surface area contributed by atoms with Gasteiger partial charge in [0, 0.05) is 17.3 Å². The molecule has 1 aromatic heterocycles. The van der Waals surface area contributed by atoms with E-state index in [1.54, 1.807) is 11.8 Å². The Kier molecular flexibility index (Phi) is 4.67. The minimum absolute atomic E-state index is 0.255. The summed E-state index contributed by atoms with van der Waals surface area (Å²) in [5.41, 5.74) is 1.24. The quantitative estimate of drug-likeness (QED) is 0.589. The maximum atomic E-state index is 6.03. The first-order valence-corrected chi connectivity index (χ1v) is 9.63. The van der Waals surface area contributed by atoms with Crippen LogP contribution in [0.15, 0.2) is 58.2 Å². The van der Waals surface area contributed by atoms with Crippen molar-refractivity contribution in [3.05, 3.63) is 64.4 Å². The average Bonchev–Trinajstić information content (AvgIpc) is 3.01. The third-order valence-electron chi connectivity index (χ3n) is 3.95. The fourth-order valence-electron chi connectivity index (χ4n) is 2.61. The Morgan fingerprint density at radius 2 is 1.88 bits per heavy atom. The Bertz CT molecular complexity index is 882. The van der Waals surface area contributed by atoms with Crippen LogP contribution in [0.4, 0.5) is 0 Å². The Hall–Kier alpha value is -1.99. The van der Waals surface area contributed by atoms with Gasteiger partial charge in [-0.2, -0.15) is 0 Å². The molecule has 0 spiro atoms. The van der Waals surface area contributed by atoms with Gasteiger partial charge >= 0.3 is 0 Å². The highest BCUT2D eigenvalue weighted by molar-refractivity contribution is 9.10. The normalized spacial score (nSPS) is 16.0. The van der Waals surface area contributed by atoms with Gasteiger partial charge in [-0.15, -0.1) is 10.2 Å². The number of ether oxygens (including phenoxy) is 2. The van der Waals surface area contributed by atoms with E-state index in [-0.39, 0.29) is 6.10 Å². The minimum Gasteiger partial charge on any atom is -0.485 e. The Morgan fingerprint density at radius 1 is 1.12 bits per heavy atom. The summed E-state index contributed by atoms with van der Waals surface area (Å²) in [5, 5.41) is 9.49. The van der Waals surface area contributed by atoms with Crippen molar-refractivity contribution in [3.8, 4) is 11.5 Å². The highest BCUT2D eigenvalue weighted by Crippen LogP contribution is 2.36. The molecule has 0 saturated carbocycles. The predicted octanol–water partition coefficient (Wildman–Crippen LogP) is 4.38. The van der Waals surface area contributed by atoms with Crippen molar-refractivity contribution >= 4 is 27.7 Å². The molecule has 0 aliphatic carbocycles. The Labute approximate surface area is 158 Å². The van der Waals surface area contributed by atoms with E-state index in [1.807, 2.05) is 48.0 Å². The molecule has 3 aromatic rings. The van der Waals surface area contributed by atoms with Crippen LogP contribution in [0.2, 0.25) is 0 Å². The lowest BCUT2D eigenvalue weighted by molar-refractivity contribution is 0.0825. The van der Waals surface area contributed by atoms with Gasteiger partial charge in [0.15, 0.2) is 28.6 Å². The highest BCUT2D eigenvalue weighted by atomic mass is 79.9. The van der Waals surface area contributed by atoms with Gasteiger partial charge in [0.1, 0.15) is 6.61 Å². The number of rotatable bonds is 4. The molecule has 4 rings (SSSR count). The molecule has 0 fully saturated rings. The molecular formula is C18H16BrN3O2S. The Balaban J connectivity index is 1.47. The number of para-hydroxylation sites is 2. The van der Waals surface area contributed by atoms with E-state index in [4.69, 9.17) is 9.47 Å². The molecule has 7 heteroatoms.